The fraction of sp³-hybridized carbons (Fsp3) is 0.522. The number of amides is 1. The molecule has 1 aromatic heterocycles. The molecule has 154 valence electrons. The van der Waals surface area contributed by atoms with Crippen LogP contribution in [0.15, 0.2) is 30.3 Å². The summed E-state index contributed by atoms with van der Waals surface area (Å²) >= 11 is 0. The van der Waals surface area contributed by atoms with Gasteiger partial charge in [-0.05, 0) is 88.9 Å². The largest absolute Gasteiger partial charge is 0.352 e. The number of fused-ring (bicyclic) bond motifs is 1. The molecular weight excluding hydrogens is 362 g/mol. The van der Waals surface area contributed by atoms with Gasteiger partial charge in [0, 0.05) is 35.2 Å². The molecule has 6 nitrogen and oxygen atoms in total. The molecule has 6 heteroatoms. The number of carbonyl (C=O) groups excluding carboxylic acids is 1. The number of benzene rings is 1. The molecule has 2 aliphatic rings. The molecule has 2 atom stereocenters. The lowest BCUT2D eigenvalue weighted by Gasteiger charge is -2.44. The van der Waals surface area contributed by atoms with Crippen molar-refractivity contribution in [1.82, 2.24) is 20.2 Å². The number of rotatable bonds is 5. The highest BCUT2D eigenvalue weighted by atomic mass is 16.1. The standard InChI is InChI=1S/C23H31N5O/c1-16-14-17(2)26-23(25-16)27-20-10-8-18(9-11-20)22(29)24-15-19-6-5-13-28-12-4-3-7-21(19)28/h8-11,14,19,21H,3-7,12-13,15H2,1-2H3,(H,24,29)(H,25,26,27)/t19-,21-/m1/s1. The van der Waals surface area contributed by atoms with Gasteiger partial charge in [0.25, 0.3) is 5.91 Å². The van der Waals surface area contributed by atoms with Crippen LogP contribution in [0.2, 0.25) is 0 Å². The Balaban J connectivity index is 1.33. The molecule has 4 rings (SSSR count). The van der Waals surface area contributed by atoms with Gasteiger partial charge >= 0.3 is 0 Å². The lowest BCUT2D eigenvalue weighted by atomic mass is 9.83. The van der Waals surface area contributed by atoms with Gasteiger partial charge in [-0.2, -0.15) is 0 Å². The van der Waals surface area contributed by atoms with Gasteiger partial charge < -0.3 is 15.5 Å². The predicted octanol–water partition coefficient (Wildman–Crippen LogP) is 3.83. The Labute approximate surface area is 173 Å². The third kappa shape index (κ3) is 4.93. The first-order valence-corrected chi connectivity index (χ1v) is 10.8. The molecule has 0 bridgehead atoms. The van der Waals surface area contributed by atoms with E-state index in [-0.39, 0.29) is 5.91 Å². The lowest BCUT2D eigenvalue weighted by Crippen LogP contribution is -2.51. The first-order chi connectivity index (χ1) is 14.1. The second-order valence-corrected chi connectivity index (χ2v) is 8.39. The summed E-state index contributed by atoms with van der Waals surface area (Å²) in [6.07, 6.45) is 6.40. The number of hydrogen-bond donors (Lipinski definition) is 2. The van der Waals surface area contributed by atoms with Crippen LogP contribution in [-0.2, 0) is 0 Å². The summed E-state index contributed by atoms with van der Waals surface area (Å²) in [5.41, 5.74) is 3.41. The zero-order valence-corrected chi connectivity index (χ0v) is 17.4. The molecule has 2 fully saturated rings. The van der Waals surface area contributed by atoms with E-state index in [2.05, 4.69) is 25.5 Å². The molecule has 0 unspecified atom stereocenters. The van der Waals surface area contributed by atoms with Crippen LogP contribution in [0, 0.1) is 19.8 Å². The Hall–Kier alpha value is -2.47. The minimum Gasteiger partial charge on any atom is -0.352 e. The Kier molecular flexibility index (Phi) is 6.09. The number of nitrogens with one attached hydrogen (secondary N) is 2. The molecule has 0 saturated carbocycles. The third-order valence-electron chi connectivity index (χ3n) is 6.14. The highest BCUT2D eigenvalue weighted by molar-refractivity contribution is 5.94. The smallest absolute Gasteiger partial charge is 0.251 e. The SMILES string of the molecule is Cc1cc(C)nc(Nc2ccc(C(=O)NC[C@H]3CCCN4CCCC[C@H]34)cc2)n1. The Bertz CT molecular complexity index is 829. The van der Waals surface area contributed by atoms with Gasteiger partial charge in [-0.25, -0.2) is 9.97 Å². The number of carbonyl (C=O) groups is 1. The summed E-state index contributed by atoms with van der Waals surface area (Å²) in [4.78, 5) is 24.1. The minimum absolute atomic E-state index is 0.00660. The normalized spacial score (nSPS) is 22.0. The van der Waals surface area contributed by atoms with Crippen LogP contribution in [0.3, 0.4) is 0 Å². The van der Waals surface area contributed by atoms with Crippen LogP contribution in [-0.4, -0.2) is 46.5 Å². The topological polar surface area (TPSA) is 70.2 Å². The number of anilines is 2. The summed E-state index contributed by atoms with van der Waals surface area (Å²) < 4.78 is 0. The Morgan fingerprint density at radius 3 is 2.52 bits per heavy atom. The number of aromatic nitrogens is 2. The van der Waals surface area contributed by atoms with E-state index in [1.807, 2.05) is 44.2 Å². The van der Waals surface area contributed by atoms with Gasteiger partial charge in [-0.3, -0.25) is 4.79 Å². The fourth-order valence-corrected chi connectivity index (χ4v) is 4.76. The maximum atomic E-state index is 12.6. The average Bonchev–Trinajstić information content (AvgIpc) is 2.72. The van der Waals surface area contributed by atoms with Crippen LogP contribution < -0.4 is 10.6 Å². The first-order valence-electron chi connectivity index (χ1n) is 10.8. The third-order valence-corrected chi connectivity index (χ3v) is 6.14. The fourth-order valence-electron chi connectivity index (χ4n) is 4.76. The van der Waals surface area contributed by atoms with Crippen LogP contribution in [0.4, 0.5) is 11.6 Å². The van der Waals surface area contributed by atoms with Crippen LogP contribution in [0.5, 0.6) is 0 Å². The molecule has 1 aromatic carbocycles. The van der Waals surface area contributed by atoms with E-state index in [0.717, 1.165) is 23.6 Å². The van der Waals surface area contributed by atoms with Crippen molar-refractivity contribution in [3.8, 4) is 0 Å². The van der Waals surface area contributed by atoms with E-state index in [1.54, 1.807) is 0 Å². The maximum Gasteiger partial charge on any atom is 0.251 e. The summed E-state index contributed by atoms with van der Waals surface area (Å²) in [5, 5.41) is 6.38. The summed E-state index contributed by atoms with van der Waals surface area (Å²) in [7, 11) is 0. The zero-order chi connectivity index (χ0) is 20.2. The lowest BCUT2D eigenvalue weighted by molar-refractivity contribution is 0.0575. The maximum absolute atomic E-state index is 12.6. The molecule has 0 spiro atoms. The molecule has 1 amide bonds. The average molecular weight is 394 g/mol. The van der Waals surface area contributed by atoms with Crippen LogP contribution in [0.25, 0.3) is 0 Å². The van der Waals surface area contributed by atoms with Gasteiger partial charge in [-0.1, -0.05) is 6.42 Å². The molecule has 29 heavy (non-hydrogen) atoms. The second kappa shape index (κ2) is 8.91. The van der Waals surface area contributed by atoms with Crippen LogP contribution >= 0.6 is 0 Å². The molecule has 0 aliphatic carbocycles. The van der Waals surface area contributed by atoms with E-state index < -0.39 is 0 Å². The predicted molar refractivity (Wildman–Crippen MR) is 115 cm³/mol. The van der Waals surface area contributed by atoms with Gasteiger partial charge in [0.2, 0.25) is 5.95 Å². The van der Waals surface area contributed by atoms with Crippen molar-refractivity contribution in [3.63, 3.8) is 0 Å². The zero-order valence-electron chi connectivity index (χ0n) is 17.4. The van der Waals surface area contributed by atoms with Crippen molar-refractivity contribution in [2.75, 3.05) is 25.0 Å². The van der Waals surface area contributed by atoms with E-state index in [0.29, 0.717) is 23.5 Å². The van der Waals surface area contributed by atoms with Crippen molar-refractivity contribution in [3.05, 3.63) is 47.3 Å². The van der Waals surface area contributed by atoms with Crippen LogP contribution in [0.1, 0.15) is 53.8 Å². The van der Waals surface area contributed by atoms with Crippen molar-refractivity contribution >= 4 is 17.5 Å². The molecule has 2 saturated heterocycles. The van der Waals surface area contributed by atoms with Gasteiger partial charge in [0.1, 0.15) is 0 Å². The first kappa shape index (κ1) is 19.8. The van der Waals surface area contributed by atoms with Crippen molar-refractivity contribution < 1.29 is 4.79 Å². The number of aryl methyl sites for hydroxylation is 2. The molecule has 2 aromatic rings. The van der Waals surface area contributed by atoms with Crippen molar-refractivity contribution in [1.29, 1.82) is 0 Å². The molecule has 3 heterocycles. The number of hydrogen-bond acceptors (Lipinski definition) is 5. The Morgan fingerprint density at radius 1 is 1.03 bits per heavy atom. The quantitative estimate of drug-likeness (QED) is 0.808. The molecule has 2 N–H and O–H groups in total. The Morgan fingerprint density at radius 2 is 1.76 bits per heavy atom. The minimum atomic E-state index is 0.00660. The van der Waals surface area contributed by atoms with Gasteiger partial charge in [0.15, 0.2) is 0 Å². The van der Waals surface area contributed by atoms with E-state index >= 15 is 0 Å². The monoisotopic (exact) mass is 393 g/mol. The molecule has 2 aliphatic heterocycles. The highest BCUT2D eigenvalue weighted by Gasteiger charge is 2.32. The highest BCUT2D eigenvalue weighted by Crippen LogP contribution is 2.30. The number of nitrogens with zero attached hydrogens (tertiary/aromatic N) is 3. The molecular formula is C23H31N5O. The van der Waals surface area contributed by atoms with E-state index in [1.165, 1.54) is 45.2 Å². The van der Waals surface area contributed by atoms with E-state index in [4.69, 9.17) is 0 Å². The van der Waals surface area contributed by atoms with Gasteiger partial charge in [0.05, 0.1) is 0 Å². The molecule has 0 radical (unpaired) electrons. The second-order valence-electron chi connectivity index (χ2n) is 8.39. The van der Waals surface area contributed by atoms with Crippen molar-refractivity contribution in [2.45, 2.75) is 52.0 Å². The van der Waals surface area contributed by atoms with Crippen molar-refractivity contribution in [2.24, 2.45) is 5.92 Å². The number of piperidine rings is 2. The summed E-state index contributed by atoms with van der Waals surface area (Å²) in [6.45, 7) is 7.14. The van der Waals surface area contributed by atoms with E-state index in [9.17, 15) is 4.79 Å². The summed E-state index contributed by atoms with van der Waals surface area (Å²) in [6, 6.07) is 10.1. The summed E-state index contributed by atoms with van der Waals surface area (Å²) in [5.74, 6) is 1.16. The van der Waals surface area contributed by atoms with Gasteiger partial charge in [-0.15, -0.1) is 0 Å².